The highest BCUT2D eigenvalue weighted by Gasteiger charge is 2.25. The molecule has 0 heterocycles. The number of hydrogen-bond donors (Lipinski definition) is 1. The minimum absolute atomic E-state index is 0.0565. The summed E-state index contributed by atoms with van der Waals surface area (Å²) in [4.78, 5) is 24.2. The number of nitro groups is 2. The first kappa shape index (κ1) is 38.4. The number of benzene rings is 7. The molecular formula is C49H40N2O8. The third kappa shape index (κ3) is 8.92. The van der Waals surface area contributed by atoms with Crippen LogP contribution in [0.3, 0.4) is 0 Å². The lowest BCUT2D eigenvalue weighted by Gasteiger charge is -2.22. The summed E-state index contributed by atoms with van der Waals surface area (Å²) in [6, 6.07) is 46.3. The van der Waals surface area contributed by atoms with Gasteiger partial charge in [-0.05, 0) is 38.9 Å². The number of nitro benzene ring substituents is 2. The fourth-order valence-corrected chi connectivity index (χ4v) is 7.62. The van der Waals surface area contributed by atoms with Crippen LogP contribution < -0.4 is 14.2 Å². The minimum Gasteiger partial charge on any atom is -0.507 e. The van der Waals surface area contributed by atoms with Gasteiger partial charge in [-0.2, -0.15) is 0 Å². The van der Waals surface area contributed by atoms with Crippen LogP contribution in [0.25, 0.3) is 0 Å². The van der Waals surface area contributed by atoms with Crippen molar-refractivity contribution >= 4 is 11.4 Å². The standard InChI is InChI=1S/C49H40N2O8/c52-46-40-22-36-18-10-20-38(47(36)57-30-33-12-4-1-5-13-33)24-42-28-45(51(55)56)29-43(49(42)59-32-35-16-8-3-9-17-35)25-39-21-11-19-37(23-41(46)27-44(26-40)50(53)54)48(39)58-31-34-14-6-2-7-15-34/h1-21,26-29,52H,22-25,30-32H2. The Balaban J connectivity index is 1.34. The first-order chi connectivity index (χ1) is 28.8. The number of nitrogens with zero attached hydrogens (tertiary/aromatic N) is 2. The van der Waals surface area contributed by atoms with Gasteiger partial charge in [-0.3, -0.25) is 20.2 Å². The predicted molar refractivity (Wildman–Crippen MR) is 224 cm³/mol. The molecule has 1 aliphatic carbocycles. The number of non-ortho nitro benzene ring substituents is 2. The van der Waals surface area contributed by atoms with Crippen molar-refractivity contribution in [1.82, 2.24) is 0 Å². The predicted octanol–water partition coefficient (Wildman–Crippen LogP) is 10.6. The first-order valence-electron chi connectivity index (χ1n) is 19.3. The Morgan fingerprint density at radius 2 is 0.695 bits per heavy atom. The van der Waals surface area contributed by atoms with Crippen molar-refractivity contribution in [2.75, 3.05) is 0 Å². The number of aromatic hydroxyl groups is 1. The number of rotatable bonds is 11. The van der Waals surface area contributed by atoms with Crippen LogP contribution in [0.5, 0.6) is 23.0 Å². The second kappa shape index (κ2) is 17.4. The monoisotopic (exact) mass is 784 g/mol. The third-order valence-corrected chi connectivity index (χ3v) is 10.5. The van der Waals surface area contributed by atoms with E-state index in [2.05, 4.69) is 0 Å². The van der Waals surface area contributed by atoms with Crippen LogP contribution in [0, 0.1) is 20.2 Å². The van der Waals surface area contributed by atoms with Crippen LogP contribution in [-0.4, -0.2) is 15.0 Å². The topological polar surface area (TPSA) is 134 Å². The molecule has 294 valence electrons. The molecule has 0 aromatic heterocycles. The van der Waals surface area contributed by atoms with Gasteiger partial charge < -0.3 is 19.3 Å². The molecule has 7 aromatic carbocycles. The zero-order valence-electron chi connectivity index (χ0n) is 32.1. The van der Waals surface area contributed by atoms with Crippen LogP contribution in [0.1, 0.15) is 61.2 Å². The van der Waals surface area contributed by atoms with Gasteiger partial charge in [-0.15, -0.1) is 0 Å². The van der Waals surface area contributed by atoms with E-state index in [0.29, 0.717) is 50.6 Å². The zero-order valence-corrected chi connectivity index (χ0v) is 32.1. The van der Waals surface area contributed by atoms with Crippen molar-refractivity contribution in [1.29, 1.82) is 0 Å². The summed E-state index contributed by atoms with van der Waals surface area (Å²) in [5.41, 5.74) is 7.23. The molecule has 0 saturated heterocycles. The van der Waals surface area contributed by atoms with Gasteiger partial charge in [-0.25, -0.2) is 0 Å². The smallest absolute Gasteiger partial charge is 0.270 e. The maximum absolute atomic E-state index is 12.6. The number of hydrogen-bond acceptors (Lipinski definition) is 8. The van der Waals surface area contributed by atoms with Gasteiger partial charge in [-0.1, -0.05) is 127 Å². The first-order valence-corrected chi connectivity index (χ1v) is 19.3. The molecule has 7 aromatic rings. The molecule has 8 bridgehead atoms. The molecule has 10 heteroatoms. The fourth-order valence-electron chi connectivity index (χ4n) is 7.62. The van der Waals surface area contributed by atoms with Crippen LogP contribution in [0.4, 0.5) is 11.4 Å². The van der Waals surface area contributed by atoms with Crippen molar-refractivity contribution in [3.05, 3.63) is 233 Å². The molecule has 0 atom stereocenters. The molecule has 8 rings (SSSR count). The third-order valence-electron chi connectivity index (χ3n) is 10.5. The van der Waals surface area contributed by atoms with Crippen molar-refractivity contribution in [2.45, 2.75) is 45.5 Å². The molecule has 0 saturated carbocycles. The minimum atomic E-state index is -0.451. The Morgan fingerprint density at radius 1 is 0.407 bits per heavy atom. The second-order valence-electron chi connectivity index (χ2n) is 14.6. The Morgan fingerprint density at radius 3 is 1.02 bits per heavy atom. The SMILES string of the molecule is O=[N+]([O-])c1cc2c(O)c(c1)Cc1cccc(c1OCc1ccccc1)Cc1cc([N+](=O)[O-])cc(c1OCc1ccccc1)Cc1cccc(c1OCc1ccccc1)C2. The number of fused-ring (bicyclic) bond motifs is 8. The van der Waals surface area contributed by atoms with Crippen molar-refractivity contribution in [3.8, 4) is 23.0 Å². The maximum atomic E-state index is 12.6. The molecule has 59 heavy (non-hydrogen) atoms. The van der Waals surface area contributed by atoms with Crippen LogP contribution in [0.2, 0.25) is 0 Å². The van der Waals surface area contributed by atoms with E-state index < -0.39 is 4.92 Å². The lowest BCUT2D eigenvalue weighted by molar-refractivity contribution is -0.385. The maximum Gasteiger partial charge on any atom is 0.270 e. The fraction of sp³-hybridized carbons (Fsp3) is 0.143. The average Bonchev–Trinajstić information content (AvgIpc) is 3.24. The Kier molecular flexibility index (Phi) is 11.3. The molecule has 10 nitrogen and oxygen atoms in total. The highest BCUT2D eigenvalue weighted by Crippen LogP contribution is 2.41. The summed E-state index contributed by atoms with van der Waals surface area (Å²) in [7, 11) is 0. The lowest BCUT2D eigenvalue weighted by Crippen LogP contribution is -2.09. The summed E-state index contributed by atoms with van der Waals surface area (Å²) in [5, 5.41) is 36.9. The van der Waals surface area contributed by atoms with Gasteiger partial charge in [0.1, 0.15) is 42.8 Å². The molecule has 0 spiro atoms. The zero-order chi connectivity index (χ0) is 40.7. The van der Waals surface area contributed by atoms with E-state index in [1.165, 1.54) is 12.1 Å². The van der Waals surface area contributed by atoms with Crippen molar-refractivity contribution in [2.24, 2.45) is 0 Å². The van der Waals surface area contributed by atoms with Gasteiger partial charge in [0.2, 0.25) is 0 Å². The Bertz CT molecular complexity index is 2490. The lowest BCUT2D eigenvalue weighted by atomic mass is 9.90. The van der Waals surface area contributed by atoms with E-state index in [0.717, 1.165) is 27.8 Å². The van der Waals surface area contributed by atoms with Gasteiger partial charge >= 0.3 is 0 Å². The van der Waals surface area contributed by atoms with Crippen LogP contribution in [-0.2, 0) is 45.5 Å². The van der Waals surface area contributed by atoms with E-state index in [1.807, 2.05) is 127 Å². The Labute approximate surface area is 341 Å². The molecule has 0 aliphatic heterocycles. The largest absolute Gasteiger partial charge is 0.507 e. The van der Waals surface area contributed by atoms with Gasteiger partial charge in [0.05, 0.1) is 9.85 Å². The normalized spacial score (nSPS) is 12.0. The summed E-state index contributed by atoms with van der Waals surface area (Å²) < 4.78 is 19.9. The summed E-state index contributed by atoms with van der Waals surface area (Å²) >= 11 is 0. The number of ether oxygens (including phenoxy) is 3. The van der Waals surface area contributed by atoms with E-state index in [4.69, 9.17) is 14.2 Å². The summed E-state index contributed by atoms with van der Waals surface area (Å²) in [6.45, 7) is 0.657. The molecular weight excluding hydrogens is 745 g/mol. The highest BCUT2D eigenvalue weighted by atomic mass is 16.6. The van der Waals surface area contributed by atoms with Gasteiger partial charge in [0.15, 0.2) is 0 Å². The summed E-state index contributed by atoms with van der Waals surface area (Å²) in [5.74, 6) is 1.49. The quantitative estimate of drug-likeness (QED) is 0.101. The molecule has 0 fully saturated rings. The van der Waals surface area contributed by atoms with Crippen LogP contribution in [0.15, 0.2) is 152 Å². The molecule has 1 N–H and O–H groups in total. The number of para-hydroxylation sites is 2. The molecule has 0 unspecified atom stereocenters. The van der Waals surface area contributed by atoms with E-state index >= 15 is 0 Å². The number of phenolic OH excluding ortho intramolecular Hbond substituents is 1. The van der Waals surface area contributed by atoms with E-state index in [9.17, 15) is 25.3 Å². The second-order valence-corrected chi connectivity index (χ2v) is 14.6. The molecule has 0 radical (unpaired) electrons. The number of phenols is 1. The molecule has 0 amide bonds. The van der Waals surface area contributed by atoms with Gasteiger partial charge in [0.25, 0.3) is 11.4 Å². The van der Waals surface area contributed by atoms with Crippen molar-refractivity contribution in [3.63, 3.8) is 0 Å². The van der Waals surface area contributed by atoms with Gasteiger partial charge in [0, 0.05) is 72.2 Å². The summed E-state index contributed by atoms with van der Waals surface area (Å²) in [6.07, 6.45) is 0.599. The Hall–Kier alpha value is -7.46. The average molecular weight is 785 g/mol. The highest BCUT2D eigenvalue weighted by molar-refractivity contribution is 5.59. The van der Waals surface area contributed by atoms with E-state index in [-0.39, 0.29) is 67.6 Å². The van der Waals surface area contributed by atoms with E-state index in [1.54, 1.807) is 12.1 Å². The molecule has 1 aliphatic rings. The van der Waals surface area contributed by atoms with Crippen molar-refractivity contribution < 1.29 is 29.2 Å². The van der Waals surface area contributed by atoms with Crippen LogP contribution >= 0.6 is 0 Å².